The first-order chi connectivity index (χ1) is 12.6. The molecular formula is C20H23NO5S. The number of hydrogen-bond donors (Lipinski definition) is 1. The van der Waals surface area contributed by atoms with Gasteiger partial charge in [-0.15, -0.1) is 0 Å². The van der Waals surface area contributed by atoms with Gasteiger partial charge >= 0.3 is 5.97 Å². The van der Waals surface area contributed by atoms with Gasteiger partial charge < -0.3 is 9.47 Å². The van der Waals surface area contributed by atoms with Crippen LogP contribution in [0.1, 0.15) is 47.8 Å². The third-order valence-corrected chi connectivity index (χ3v) is 6.07. The van der Waals surface area contributed by atoms with Crippen molar-refractivity contribution < 1.29 is 22.7 Å². The maximum atomic E-state index is 13.0. The summed E-state index contributed by atoms with van der Waals surface area (Å²) in [5.41, 5.74) is 1.17. The summed E-state index contributed by atoms with van der Waals surface area (Å²) >= 11 is 0. The maximum absolute atomic E-state index is 13.0. The number of aryl methyl sites for hydroxylation is 1. The molecule has 0 bridgehead atoms. The number of carbonyl (C=O) groups excluding carboxylic acids is 1. The van der Waals surface area contributed by atoms with Crippen LogP contribution in [0.25, 0.3) is 0 Å². The summed E-state index contributed by atoms with van der Waals surface area (Å²) in [5.74, 6) is 0.0997. The van der Waals surface area contributed by atoms with Crippen LogP contribution in [0.4, 0.5) is 0 Å². The monoisotopic (exact) mass is 389 g/mol. The van der Waals surface area contributed by atoms with Crippen molar-refractivity contribution in [3.05, 3.63) is 59.2 Å². The van der Waals surface area contributed by atoms with Crippen LogP contribution in [0, 0.1) is 6.92 Å². The standard InChI is InChI=1S/C20H23NO5S/c1-13-9-10-14(11-16(13)19(22)25-4)27(23,24)21-17-12-20(2,3)26-18-8-6-5-7-15(17)18/h5-11,17,21H,12H2,1-4H3/t17-/m0/s1. The predicted octanol–water partition coefficient (Wildman–Crippen LogP) is 3.36. The molecule has 0 aliphatic carbocycles. The van der Waals surface area contributed by atoms with Crippen LogP contribution in [0.3, 0.4) is 0 Å². The second-order valence-corrected chi connectivity index (χ2v) is 8.96. The first-order valence-corrected chi connectivity index (χ1v) is 10.1. The average Bonchev–Trinajstić information content (AvgIpc) is 2.60. The number of para-hydroxylation sites is 1. The van der Waals surface area contributed by atoms with Crippen LogP contribution in [0.15, 0.2) is 47.4 Å². The smallest absolute Gasteiger partial charge is 0.338 e. The highest BCUT2D eigenvalue weighted by atomic mass is 32.2. The Labute approximate surface area is 159 Å². The van der Waals surface area contributed by atoms with Crippen molar-refractivity contribution in [2.75, 3.05) is 7.11 Å². The molecular weight excluding hydrogens is 366 g/mol. The van der Waals surface area contributed by atoms with E-state index in [-0.39, 0.29) is 10.5 Å². The summed E-state index contributed by atoms with van der Waals surface area (Å²) in [5, 5.41) is 0. The number of sulfonamides is 1. The van der Waals surface area contributed by atoms with Gasteiger partial charge in [0.05, 0.1) is 23.6 Å². The van der Waals surface area contributed by atoms with Gasteiger partial charge in [0.25, 0.3) is 0 Å². The highest BCUT2D eigenvalue weighted by Crippen LogP contribution is 2.39. The summed E-state index contributed by atoms with van der Waals surface area (Å²) in [6.45, 7) is 5.57. The number of hydrogen-bond acceptors (Lipinski definition) is 5. The highest BCUT2D eigenvalue weighted by Gasteiger charge is 2.36. The Morgan fingerprint density at radius 3 is 2.63 bits per heavy atom. The average molecular weight is 389 g/mol. The van der Waals surface area contributed by atoms with E-state index in [4.69, 9.17) is 9.47 Å². The number of ether oxygens (including phenoxy) is 2. The summed E-state index contributed by atoms with van der Waals surface area (Å²) in [6, 6.07) is 11.4. The first kappa shape index (κ1) is 19.4. The topological polar surface area (TPSA) is 81.7 Å². The normalized spacial score (nSPS) is 18.3. The Morgan fingerprint density at radius 1 is 1.22 bits per heavy atom. The van der Waals surface area contributed by atoms with E-state index in [9.17, 15) is 13.2 Å². The lowest BCUT2D eigenvalue weighted by molar-refractivity contribution is 0.0599. The molecule has 0 aromatic heterocycles. The summed E-state index contributed by atoms with van der Waals surface area (Å²) in [4.78, 5) is 11.9. The van der Waals surface area contributed by atoms with E-state index in [0.717, 1.165) is 5.56 Å². The molecule has 2 aromatic rings. The molecule has 1 N–H and O–H groups in total. The quantitative estimate of drug-likeness (QED) is 0.811. The Hall–Kier alpha value is -2.38. The molecule has 0 amide bonds. The van der Waals surface area contributed by atoms with Crippen molar-refractivity contribution in [2.45, 2.75) is 43.7 Å². The lowest BCUT2D eigenvalue weighted by atomic mass is 9.90. The van der Waals surface area contributed by atoms with Gasteiger partial charge in [-0.1, -0.05) is 24.3 Å². The van der Waals surface area contributed by atoms with Crippen LogP contribution >= 0.6 is 0 Å². The minimum atomic E-state index is -3.85. The van der Waals surface area contributed by atoms with Crippen LogP contribution < -0.4 is 9.46 Å². The minimum Gasteiger partial charge on any atom is -0.487 e. The summed E-state index contributed by atoms with van der Waals surface area (Å²) < 4.78 is 39.4. The molecule has 3 rings (SSSR count). The molecule has 6 nitrogen and oxygen atoms in total. The molecule has 1 aliphatic heterocycles. The van der Waals surface area contributed by atoms with Gasteiger partial charge in [0, 0.05) is 12.0 Å². The number of fused-ring (bicyclic) bond motifs is 1. The van der Waals surface area contributed by atoms with Crippen molar-refractivity contribution in [1.29, 1.82) is 0 Å². The SMILES string of the molecule is COC(=O)c1cc(S(=O)(=O)N[C@H]2CC(C)(C)Oc3ccccc32)ccc1C. The van der Waals surface area contributed by atoms with Gasteiger partial charge in [0.15, 0.2) is 0 Å². The van der Waals surface area contributed by atoms with Crippen molar-refractivity contribution in [3.63, 3.8) is 0 Å². The van der Waals surface area contributed by atoms with Gasteiger partial charge in [-0.2, -0.15) is 0 Å². The Morgan fingerprint density at radius 2 is 1.93 bits per heavy atom. The zero-order valence-corrected chi connectivity index (χ0v) is 16.6. The number of rotatable bonds is 4. The molecule has 2 aromatic carbocycles. The molecule has 0 radical (unpaired) electrons. The largest absolute Gasteiger partial charge is 0.487 e. The predicted molar refractivity (Wildman–Crippen MR) is 101 cm³/mol. The van der Waals surface area contributed by atoms with Crippen molar-refractivity contribution in [3.8, 4) is 5.75 Å². The molecule has 1 atom stereocenters. The molecule has 0 unspecified atom stereocenters. The third-order valence-electron chi connectivity index (χ3n) is 4.60. The first-order valence-electron chi connectivity index (χ1n) is 8.62. The van der Waals surface area contributed by atoms with E-state index in [0.29, 0.717) is 17.7 Å². The maximum Gasteiger partial charge on any atom is 0.338 e. The zero-order chi connectivity index (χ0) is 19.8. The molecule has 27 heavy (non-hydrogen) atoms. The van der Waals surface area contributed by atoms with Gasteiger partial charge in [-0.05, 0) is 44.5 Å². The molecule has 1 aliphatic rings. The van der Waals surface area contributed by atoms with Gasteiger partial charge in [0.1, 0.15) is 11.4 Å². The van der Waals surface area contributed by atoms with Gasteiger partial charge in [-0.25, -0.2) is 17.9 Å². The van der Waals surface area contributed by atoms with E-state index >= 15 is 0 Å². The number of nitrogens with one attached hydrogen (secondary N) is 1. The zero-order valence-electron chi connectivity index (χ0n) is 15.8. The molecule has 0 saturated carbocycles. The third kappa shape index (κ3) is 3.99. The van der Waals surface area contributed by atoms with Crippen molar-refractivity contribution >= 4 is 16.0 Å². The van der Waals surface area contributed by atoms with Crippen LogP contribution in [0.2, 0.25) is 0 Å². The van der Waals surface area contributed by atoms with E-state index in [1.54, 1.807) is 13.0 Å². The lowest BCUT2D eigenvalue weighted by Crippen LogP contribution is -2.41. The number of esters is 1. The highest BCUT2D eigenvalue weighted by molar-refractivity contribution is 7.89. The summed E-state index contributed by atoms with van der Waals surface area (Å²) in [6.07, 6.45) is 0.485. The number of methoxy groups -OCH3 is 1. The van der Waals surface area contributed by atoms with E-state index < -0.39 is 27.6 Å². The second kappa shape index (κ2) is 6.98. The fourth-order valence-corrected chi connectivity index (χ4v) is 4.50. The van der Waals surface area contributed by atoms with E-state index in [2.05, 4.69) is 4.72 Å². The summed E-state index contributed by atoms with van der Waals surface area (Å²) in [7, 11) is -2.58. The van der Waals surface area contributed by atoms with Gasteiger partial charge in [-0.3, -0.25) is 0 Å². The number of carbonyl (C=O) groups is 1. The second-order valence-electron chi connectivity index (χ2n) is 7.25. The molecule has 144 valence electrons. The van der Waals surface area contributed by atoms with E-state index in [1.165, 1.54) is 19.2 Å². The Kier molecular flexibility index (Phi) is 5.01. The fraction of sp³-hybridized carbons (Fsp3) is 0.350. The molecule has 0 saturated heterocycles. The Bertz CT molecular complexity index is 982. The van der Waals surface area contributed by atoms with Gasteiger partial charge in [0.2, 0.25) is 10.0 Å². The minimum absolute atomic E-state index is 0.0234. The number of benzene rings is 2. The Balaban J connectivity index is 1.97. The van der Waals surface area contributed by atoms with Crippen LogP contribution in [0.5, 0.6) is 5.75 Å². The van der Waals surface area contributed by atoms with Crippen molar-refractivity contribution in [1.82, 2.24) is 4.72 Å². The molecule has 1 heterocycles. The molecule has 0 fully saturated rings. The van der Waals surface area contributed by atoms with Crippen molar-refractivity contribution in [2.24, 2.45) is 0 Å². The lowest BCUT2D eigenvalue weighted by Gasteiger charge is -2.37. The molecule has 7 heteroatoms. The van der Waals surface area contributed by atoms with Crippen LogP contribution in [-0.2, 0) is 14.8 Å². The van der Waals surface area contributed by atoms with Crippen LogP contribution in [-0.4, -0.2) is 27.1 Å². The fourth-order valence-electron chi connectivity index (χ4n) is 3.26. The molecule has 0 spiro atoms. The van der Waals surface area contributed by atoms with E-state index in [1.807, 2.05) is 38.1 Å².